The summed E-state index contributed by atoms with van der Waals surface area (Å²) in [6.07, 6.45) is -4.45. The van der Waals surface area contributed by atoms with Crippen molar-refractivity contribution in [3.63, 3.8) is 0 Å². The van der Waals surface area contributed by atoms with Crippen LogP contribution in [-0.4, -0.2) is 51.9 Å². The second-order valence-electron chi connectivity index (χ2n) is 8.37. The Kier molecular flexibility index (Phi) is 7.91. The molecule has 3 aromatic rings. The van der Waals surface area contributed by atoms with Crippen LogP contribution in [0.5, 0.6) is 0 Å². The Hall–Kier alpha value is -2.95. The average Bonchev–Trinajstić information content (AvgIpc) is 2.86. The van der Waals surface area contributed by atoms with Crippen molar-refractivity contribution in [1.82, 2.24) is 4.90 Å². The fourth-order valence-corrected chi connectivity index (χ4v) is 5.97. The van der Waals surface area contributed by atoms with Gasteiger partial charge in [0.1, 0.15) is 6.54 Å². The summed E-state index contributed by atoms with van der Waals surface area (Å²) in [6, 6.07) is 17.0. The molecule has 4 rings (SSSR count). The monoisotopic (exact) mass is 571 g/mol. The van der Waals surface area contributed by atoms with Crippen molar-refractivity contribution in [1.29, 1.82) is 0 Å². The summed E-state index contributed by atoms with van der Waals surface area (Å²) in [7, 11) is -4.14. The van der Waals surface area contributed by atoms with Gasteiger partial charge in [-0.15, -0.1) is 0 Å². The molecule has 196 valence electrons. The number of hydrogen-bond acceptors (Lipinski definition) is 4. The Morgan fingerprint density at radius 1 is 0.865 bits per heavy atom. The maximum atomic E-state index is 13.5. The lowest BCUT2D eigenvalue weighted by atomic mass is 10.1. The van der Waals surface area contributed by atoms with Gasteiger partial charge in [-0.05, 0) is 48.5 Å². The summed E-state index contributed by atoms with van der Waals surface area (Å²) in [5, 5.41) is 0.413. The maximum absolute atomic E-state index is 13.5. The predicted octanol–water partition coefficient (Wildman–Crippen LogP) is 5.56. The quantitative estimate of drug-likeness (QED) is 0.389. The zero-order valence-electron chi connectivity index (χ0n) is 19.3. The Morgan fingerprint density at radius 2 is 1.49 bits per heavy atom. The molecule has 1 aliphatic rings. The van der Waals surface area contributed by atoms with Crippen molar-refractivity contribution in [2.75, 3.05) is 41.9 Å². The number of rotatable bonds is 6. The van der Waals surface area contributed by atoms with Crippen LogP contribution >= 0.6 is 23.2 Å². The van der Waals surface area contributed by atoms with E-state index in [1.54, 1.807) is 29.2 Å². The molecule has 3 aromatic carbocycles. The third-order valence-corrected chi connectivity index (χ3v) is 8.14. The summed E-state index contributed by atoms with van der Waals surface area (Å²) in [6.45, 7) is 0.510. The number of piperazine rings is 1. The molecule has 0 bridgehead atoms. The van der Waals surface area contributed by atoms with E-state index in [2.05, 4.69) is 0 Å². The van der Waals surface area contributed by atoms with E-state index in [1.165, 1.54) is 41.3 Å². The van der Waals surface area contributed by atoms with Gasteiger partial charge in [-0.3, -0.25) is 9.10 Å². The first kappa shape index (κ1) is 27.1. The highest BCUT2D eigenvalue weighted by Crippen LogP contribution is 2.32. The first-order valence-corrected chi connectivity index (χ1v) is 13.4. The van der Waals surface area contributed by atoms with E-state index in [4.69, 9.17) is 23.2 Å². The van der Waals surface area contributed by atoms with Crippen molar-refractivity contribution in [3.8, 4) is 0 Å². The highest BCUT2D eigenvalue weighted by Gasteiger charge is 2.33. The molecule has 0 saturated carbocycles. The van der Waals surface area contributed by atoms with Gasteiger partial charge in [-0.25, -0.2) is 8.42 Å². The minimum atomic E-state index is -4.45. The summed E-state index contributed by atoms with van der Waals surface area (Å²) in [4.78, 5) is 16.5. The molecule has 6 nitrogen and oxygen atoms in total. The van der Waals surface area contributed by atoms with E-state index in [0.717, 1.165) is 16.4 Å². The summed E-state index contributed by atoms with van der Waals surface area (Å²) < 4.78 is 67.2. The number of anilines is 2. The van der Waals surface area contributed by atoms with Crippen molar-refractivity contribution in [3.05, 3.63) is 88.4 Å². The number of amides is 1. The van der Waals surface area contributed by atoms with Gasteiger partial charge in [0, 0.05) is 41.9 Å². The van der Waals surface area contributed by atoms with E-state index in [9.17, 15) is 26.4 Å². The molecule has 1 heterocycles. The highest BCUT2D eigenvalue weighted by molar-refractivity contribution is 7.92. The normalized spacial score (nSPS) is 14.5. The molecule has 1 fully saturated rings. The first-order chi connectivity index (χ1) is 17.4. The molecule has 1 amide bonds. The summed E-state index contributed by atoms with van der Waals surface area (Å²) in [5.41, 5.74) is -0.202. The van der Waals surface area contributed by atoms with Crippen molar-refractivity contribution in [2.24, 2.45) is 0 Å². The second-order valence-corrected chi connectivity index (χ2v) is 11.1. The molecular formula is C25H22Cl2F3N3O3S. The van der Waals surface area contributed by atoms with E-state index >= 15 is 0 Å². The van der Waals surface area contributed by atoms with Gasteiger partial charge in [0.2, 0.25) is 5.91 Å². The molecule has 1 aliphatic heterocycles. The van der Waals surface area contributed by atoms with Crippen LogP contribution in [0.25, 0.3) is 0 Å². The molecule has 0 aliphatic carbocycles. The number of hydrogen-bond donors (Lipinski definition) is 0. The number of carbonyl (C=O) groups excluding carboxylic acids is 1. The molecule has 37 heavy (non-hydrogen) atoms. The van der Waals surface area contributed by atoms with Crippen molar-refractivity contribution < 1.29 is 26.4 Å². The van der Waals surface area contributed by atoms with E-state index in [-0.39, 0.29) is 33.7 Å². The Labute approximate surface area is 222 Å². The summed E-state index contributed by atoms with van der Waals surface area (Å²) in [5.74, 6) is -0.459. The van der Waals surface area contributed by atoms with Crippen LogP contribution in [0, 0.1) is 0 Å². The van der Waals surface area contributed by atoms with Gasteiger partial charge in [0.25, 0.3) is 10.0 Å². The molecule has 12 heteroatoms. The van der Waals surface area contributed by atoms with Crippen LogP contribution in [0.15, 0.2) is 77.7 Å². The number of nitrogens with zero attached hydrogens (tertiary/aromatic N) is 3. The molecule has 0 spiro atoms. The van der Waals surface area contributed by atoms with Crippen LogP contribution in [-0.2, 0) is 21.0 Å². The lowest BCUT2D eigenvalue weighted by Crippen LogP contribution is -2.52. The fourth-order valence-electron chi connectivity index (χ4n) is 4.03. The van der Waals surface area contributed by atoms with Crippen LogP contribution in [0.1, 0.15) is 5.56 Å². The van der Waals surface area contributed by atoms with Gasteiger partial charge in [-0.2, -0.15) is 13.2 Å². The molecule has 0 N–H and O–H groups in total. The number of alkyl halides is 3. The zero-order chi connectivity index (χ0) is 26.8. The van der Waals surface area contributed by atoms with Gasteiger partial charge < -0.3 is 9.80 Å². The van der Waals surface area contributed by atoms with Gasteiger partial charge in [0.05, 0.1) is 16.1 Å². The Balaban J connectivity index is 1.53. The number of halogens is 5. The van der Waals surface area contributed by atoms with E-state index in [1.807, 2.05) is 0 Å². The zero-order valence-corrected chi connectivity index (χ0v) is 21.7. The third-order valence-electron chi connectivity index (χ3n) is 5.92. The van der Waals surface area contributed by atoms with Gasteiger partial charge >= 0.3 is 6.18 Å². The van der Waals surface area contributed by atoms with Crippen LogP contribution in [0.4, 0.5) is 24.5 Å². The molecular weight excluding hydrogens is 550 g/mol. The lowest BCUT2D eigenvalue weighted by Gasteiger charge is -2.37. The maximum Gasteiger partial charge on any atom is 0.416 e. The standard InChI is InChI=1S/C25H22Cl2F3N3O3S/c26-19-14-20(27)16-22(15-19)33(37(35,36)23-7-2-1-3-8-23)17-24(34)32-11-9-31(10-12-32)21-6-4-5-18(13-21)25(28,29)30/h1-8,13-16H,9-12,17H2. The van der Waals surface area contributed by atoms with Crippen molar-refractivity contribution in [2.45, 2.75) is 11.1 Å². The average molecular weight is 572 g/mol. The van der Waals surface area contributed by atoms with Gasteiger partial charge in [0.15, 0.2) is 0 Å². The van der Waals surface area contributed by atoms with E-state index in [0.29, 0.717) is 18.8 Å². The fraction of sp³-hybridized carbons (Fsp3) is 0.240. The van der Waals surface area contributed by atoms with Crippen LogP contribution < -0.4 is 9.21 Å². The first-order valence-electron chi connectivity index (χ1n) is 11.2. The minimum absolute atomic E-state index is 0.00624. The SMILES string of the molecule is O=C(CN(c1cc(Cl)cc(Cl)c1)S(=O)(=O)c1ccccc1)N1CCN(c2cccc(C(F)(F)F)c2)CC1. The Bertz CT molecular complexity index is 1360. The molecule has 0 unspecified atom stereocenters. The van der Waals surface area contributed by atoms with E-state index < -0.39 is 34.2 Å². The Morgan fingerprint density at radius 3 is 2.08 bits per heavy atom. The van der Waals surface area contributed by atoms with Crippen LogP contribution in [0.3, 0.4) is 0 Å². The van der Waals surface area contributed by atoms with Crippen molar-refractivity contribution >= 4 is 50.5 Å². The minimum Gasteiger partial charge on any atom is -0.368 e. The van der Waals surface area contributed by atoms with Gasteiger partial charge in [-0.1, -0.05) is 47.5 Å². The number of benzene rings is 3. The second kappa shape index (κ2) is 10.8. The third kappa shape index (κ3) is 6.31. The summed E-state index contributed by atoms with van der Waals surface area (Å²) >= 11 is 12.2. The highest BCUT2D eigenvalue weighted by atomic mass is 35.5. The molecule has 0 aromatic heterocycles. The van der Waals surface area contributed by atoms with Crippen LogP contribution in [0.2, 0.25) is 10.0 Å². The topological polar surface area (TPSA) is 60.9 Å². The molecule has 0 atom stereocenters. The number of sulfonamides is 1. The number of carbonyl (C=O) groups is 1. The predicted molar refractivity (Wildman–Crippen MR) is 138 cm³/mol. The smallest absolute Gasteiger partial charge is 0.368 e. The largest absolute Gasteiger partial charge is 0.416 e. The lowest BCUT2D eigenvalue weighted by molar-refractivity contribution is -0.137. The molecule has 1 saturated heterocycles. The molecule has 0 radical (unpaired) electrons.